The van der Waals surface area contributed by atoms with Crippen molar-refractivity contribution >= 4 is 0 Å². The van der Waals surface area contributed by atoms with Crippen LogP contribution in [0.1, 0.15) is 25.3 Å². The van der Waals surface area contributed by atoms with Gasteiger partial charge >= 0.3 is 0 Å². The molecule has 1 atom stereocenters. The molecule has 1 heterocycles. The van der Waals surface area contributed by atoms with E-state index in [1.54, 1.807) is 13.3 Å². The summed E-state index contributed by atoms with van der Waals surface area (Å²) in [5.41, 5.74) is 0.976. The van der Waals surface area contributed by atoms with Crippen molar-refractivity contribution in [2.75, 3.05) is 26.9 Å². The van der Waals surface area contributed by atoms with E-state index in [2.05, 4.69) is 17.2 Å². The van der Waals surface area contributed by atoms with Crippen molar-refractivity contribution in [1.82, 2.24) is 10.3 Å². The van der Waals surface area contributed by atoms with Gasteiger partial charge in [0, 0.05) is 31.5 Å². The third kappa shape index (κ3) is 6.52. The van der Waals surface area contributed by atoms with Gasteiger partial charge in [-0.15, -0.1) is 0 Å². The van der Waals surface area contributed by atoms with Crippen LogP contribution in [0.5, 0.6) is 5.88 Å². The lowest BCUT2D eigenvalue weighted by atomic mass is 10.2. The van der Waals surface area contributed by atoms with Gasteiger partial charge in [0.15, 0.2) is 0 Å². The Morgan fingerprint density at radius 2 is 2.32 bits per heavy atom. The maximum absolute atomic E-state index is 9.72. The van der Waals surface area contributed by atoms with E-state index >= 15 is 0 Å². The first-order valence-electron chi connectivity index (χ1n) is 6.72. The average Bonchev–Trinajstić information content (AvgIpc) is 2.44. The SMILES string of the molecule is CCCCOCC(O)CNCc1cccnc1OC. The Morgan fingerprint density at radius 1 is 1.47 bits per heavy atom. The Kier molecular flexibility index (Phi) is 8.13. The first kappa shape index (κ1) is 15.9. The highest BCUT2D eigenvalue weighted by molar-refractivity contribution is 5.24. The van der Waals surface area contributed by atoms with E-state index in [1.807, 2.05) is 12.1 Å². The molecule has 0 spiro atoms. The van der Waals surface area contributed by atoms with Crippen LogP contribution in [0, 0.1) is 0 Å². The molecule has 0 aliphatic heterocycles. The summed E-state index contributed by atoms with van der Waals surface area (Å²) >= 11 is 0. The first-order chi connectivity index (χ1) is 9.27. The predicted molar refractivity (Wildman–Crippen MR) is 74.2 cm³/mol. The molecule has 0 fully saturated rings. The summed E-state index contributed by atoms with van der Waals surface area (Å²) in [6, 6.07) is 3.81. The molecule has 5 heteroatoms. The third-order valence-corrected chi connectivity index (χ3v) is 2.69. The van der Waals surface area contributed by atoms with Crippen LogP contribution in [-0.2, 0) is 11.3 Å². The second-order valence-electron chi connectivity index (χ2n) is 4.38. The first-order valence-corrected chi connectivity index (χ1v) is 6.72. The second kappa shape index (κ2) is 9.72. The highest BCUT2D eigenvalue weighted by atomic mass is 16.5. The molecule has 1 aromatic heterocycles. The fraction of sp³-hybridized carbons (Fsp3) is 0.643. The maximum atomic E-state index is 9.72. The van der Waals surface area contributed by atoms with Gasteiger partial charge in [-0.2, -0.15) is 0 Å². The fourth-order valence-electron chi connectivity index (χ4n) is 1.64. The summed E-state index contributed by atoms with van der Waals surface area (Å²) < 4.78 is 10.5. The van der Waals surface area contributed by atoms with Gasteiger partial charge in [-0.25, -0.2) is 4.98 Å². The summed E-state index contributed by atoms with van der Waals surface area (Å²) in [6.45, 7) is 4.30. The largest absolute Gasteiger partial charge is 0.481 e. The quantitative estimate of drug-likeness (QED) is 0.627. The Hall–Kier alpha value is -1.17. The minimum atomic E-state index is -0.487. The zero-order chi connectivity index (χ0) is 13.9. The zero-order valence-corrected chi connectivity index (χ0v) is 11.8. The van der Waals surface area contributed by atoms with Gasteiger partial charge in [0.25, 0.3) is 0 Å². The van der Waals surface area contributed by atoms with E-state index in [-0.39, 0.29) is 0 Å². The molecule has 5 nitrogen and oxygen atoms in total. The van der Waals surface area contributed by atoms with E-state index in [4.69, 9.17) is 9.47 Å². The molecule has 1 aromatic rings. The van der Waals surface area contributed by atoms with Crippen LogP contribution in [-0.4, -0.2) is 43.1 Å². The zero-order valence-electron chi connectivity index (χ0n) is 11.8. The molecule has 19 heavy (non-hydrogen) atoms. The summed E-state index contributed by atoms with van der Waals surface area (Å²) in [4.78, 5) is 4.12. The summed E-state index contributed by atoms with van der Waals surface area (Å²) in [5, 5.41) is 12.9. The smallest absolute Gasteiger partial charge is 0.217 e. The molecule has 0 radical (unpaired) electrons. The standard InChI is InChI=1S/C14H24N2O3/c1-3-4-8-19-11-13(17)10-15-9-12-6-5-7-16-14(12)18-2/h5-7,13,15,17H,3-4,8-11H2,1-2H3. The molecule has 0 bridgehead atoms. The predicted octanol–water partition coefficient (Wildman–Crippen LogP) is 1.36. The lowest BCUT2D eigenvalue weighted by Gasteiger charge is -2.13. The number of hydrogen-bond acceptors (Lipinski definition) is 5. The summed E-state index contributed by atoms with van der Waals surface area (Å²) in [6.07, 6.45) is 3.35. The number of hydrogen-bond donors (Lipinski definition) is 2. The maximum Gasteiger partial charge on any atom is 0.217 e. The van der Waals surface area contributed by atoms with E-state index in [9.17, 15) is 5.11 Å². The van der Waals surface area contributed by atoms with Gasteiger partial charge in [0.05, 0.1) is 19.8 Å². The Bertz CT molecular complexity index is 347. The van der Waals surface area contributed by atoms with Crippen molar-refractivity contribution in [3.05, 3.63) is 23.9 Å². The number of ether oxygens (including phenoxy) is 2. The van der Waals surface area contributed by atoms with Crippen molar-refractivity contribution in [2.24, 2.45) is 0 Å². The van der Waals surface area contributed by atoms with Gasteiger partial charge in [0.1, 0.15) is 0 Å². The number of methoxy groups -OCH3 is 1. The van der Waals surface area contributed by atoms with Crippen LogP contribution in [0.2, 0.25) is 0 Å². The van der Waals surface area contributed by atoms with Gasteiger partial charge in [-0.05, 0) is 12.5 Å². The lowest BCUT2D eigenvalue weighted by Crippen LogP contribution is -2.30. The Labute approximate surface area is 115 Å². The van der Waals surface area contributed by atoms with E-state index in [1.165, 1.54) is 0 Å². The lowest BCUT2D eigenvalue weighted by molar-refractivity contribution is 0.0357. The van der Waals surface area contributed by atoms with Crippen LogP contribution in [0.15, 0.2) is 18.3 Å². The molecule has 0 saturated heterocycles. The highest BCUT2D eigenvalue weighted by Gasteiger charge is 2.06. The van der Waals surface area contributed by atoms with Gasteiger partial charge in [-0.1, -0.05) is 19.4 Å². The Balaban J connectivity index is 2.18. The molecule has 1 rings (SSSR count). The molecule has 1 unspecified atom stereocenters. The monoisotopic (exact) mass is 268 g/mol. The number of nitrogens with zero attached hydrogens (tertiary/aromatic N) is 1. The number of aromatic nitrogens is 1. The van der Waals surface area contributed by atoms with Gasteiger partial charge in [0.2, 0.25) is 5.88 Å². The average molecular weight is 268 g/mol. The topological polar surface area (TPSA) is 63.6 Å². The summed E-state index contributed by atoms with van der Waals surface area (Å²) in [7, 11) is 1.60. The van der Waals surface area contributed by atoms with Crippen molar-refractivity contribution in [3.63, 3.8) is 0 Å². The summed E-state index contributed by atoms with van der Waals surface area (Å²) in [5.74, 6) is 0.615. The molecule has 0 aliphatic carbocycles. The van der Waals surface area contributed by atoms with Crippen LogP contribution >= 0.6 is 0 Å². The molecule has 2 N–H and O–H groups in total. The van der Waals surface area contributed by atoms with Crippen LogP contribution < -0.4 is 10.1 Å². The minimum absolute atomic E-state index is 0.372. The van der Waals surface area contributed by atoms with E-state index < -0.39 is 6.10 Å². The van der Waals surface area contributed by atoms with Crippen LogP contribution in [0.25, 0.3) is 0 Å². The number of aliphatic hydroxyl groups is 1. The van der Waals surface area contributed by atoms with Gasteiger partial charge in [-0.3, -0.25) is 0 Å². The van der Waals surface area contributed by atoms with Crippen molar-refractivity contribution in [1.29, 1.82) is 0 Å². The molecule has 108 valence electrons. The number of unbranched alkanes of at least 4 members (excludes halogenated alkanes) is 1. The molecule has 0 amide bonds. The molecular formula is C14H24N2O3. The number of pyridine rings is 1. The minimum Gasteiger partial charge on any atom is -0.481 e. The van der Waals surface area contributed by atoms with Crippen molar-refractivity contribution in [3.8, 4) is 5.88 Å². The van der Waals surface area contributed by atoms with Gasteiger partial charge < -0.3 is 19.9 Å². The van der Waals surface area contributed by atoms with Crippen molar-refractivity contribution in [2.45, 2.75) is 32.4 Å². The normalized spacial score (nSPS) is 12.4. The van der Waals surface area contributed by atoms with E-state index in [0.29, 0.717) is 32.2 Å². The second-order valence-corrected chi connectivity index (χ2v) is 4.38. The van der Waals surface area contributed by atoms with E-state index in [0.717, 1.165) is 18.4 Å². The Morgan fingerprint density at radius 3 is 3.05 bits per heavy atom. The third-order valence-electron chi connectivity index (χ3n) is 2.69. The number of aliphatic hydroxyl groups excluding tert-OH is 1. The molecule has 0 aliphatic rings. The number of rotatable bonds is 10. The molecular weight excluding hydrogens is 244 g/mol. The fourth-order valence-corrected chi connectivity index (χ4v) is 1.64. The van der Waals surface area contributed by atoms with Crippen LogP contribution in [0.3, 0.4) is 0 Å². The number of nitrogens with one attached hydrogen (secondary N) is 1. The van der Waals surface area contributed by atoms with Crippen LogP contribution in [0.4, 0.5) is 0 Å². The van der Waals surface area contributed by atoms with Crippen molar-refractivity contribution < 1.29 is 14.6 Å². The molecule has 0 saturated carbocycles. The molecule has 0 aromatic carbocycles. The highest BCUT2D eigenvalue weighted by Crippen LogP contribution is 2.12.